The van der Waals surface area contributed by atoms with Crippen molar-refractivity contribution in [3.05, 3.63) is 29.8 Å². The van der Waals surface area contributed by atoms with Gasteiger partial charge in [-0.25, -0.2) is 0 Å². The van der Waals surface area contributed by atoms with E-state index in [2.05, 4.69) is 5.32 Å². The lowest BCUT2D eigenvalue weighted by Gasteiger charge is -2.15. The van der Waals surface area contributed by atoms with Crippen molar-refractivity contribution in [2.24, 2.45) is 5.92 Å². The number of hydrogen-bond acceptors (Lipinski definition) is 3. The van der Waals surface area contributed by atoms with Gasteiger partial charge in [0, 0.05) is 31.9 Å². The highest BCUT2D eigenvalue weighted by Crippen LogP contribution is 2.13. The van der Waals surface area contributed by atoms with Gasteiger partial charge in [0.05, 0.1) is 6.10 Å². The van der Waals surface area contributed by atoms with Gasteiger partial charge in [-0.3, -0.25) is 4.79 Å². The Kier molecular flexibility index (Phi) is 5.83. The molecule has 4 heteroatoms. The number of rotatable bonds is 6. The van der Waals surface area contributed by atoms with Crippen LogP contribution in [0.15, 0.2) is 24.3 Å². The molecule has 0 heterocycles. The lowest BCUT2D eigenvalue weighted by molar-refractivity contribution is 0.0900. The van der Waals surface area contributed by atoms with E-state index in [1.165, 1.54) is 0 Å². The first-order chi connectivity index (χ1) is 8.90. The Bertz CT molecular complexity index is 416. The maximum Gasteiger partial charge on any atom is 0.251 e. The van der Waals surface area contributed by atoms with E-state index in [1.807, 2.05) is 51.0 Å². The molecular formula is C15H24N2O2. The minimum Gasteiger partial charge on any atom is -0.391 e. The molecule has 0 aliphatic rings. The van der Waals surface area contributed by atoms with Crippen molar-refractivity contribution in [1.82, 2.24) is 5.32 Å². The second-order valence-corrected chi connectivity index (χ2v) is 5.44. The largest absolute Gasteiger partial charge is 0.391 e. The third-order valence-electron chi connectivity index (χ3n) is 2.87. The molecule has 0 bridgehead atoms. The molecule has 2 N–H and O–H groups in total. The second-order valence-electron chi connectivity index (χ2n) is 5.44. The zero-order chi connectivity index (χ0) is 14.4. The van der Waals surface area contributed by atoms with Crippen LogP contribution in [0.25, 0.3) is 0 Å². The fourth-order valence-corrected chi connectivity index (χ4v) is 1.87. The quantitative estimate of drug-likeness (QED) is 0.825. The zero-order valence-corrected chi connectivity index (χ0v) is 12.2. The van der Waals surface area contributed by atoms with Crippen LogP contribution in [0.1, 0.15) is 30.6 Å². The number of hydrogen-bond donors (Lipinski definition) is 2. The molecule has 4 nitrogen and oxygen atoms in total. The Morgan fingerprint density at radius 3 is 2.63 bits per heavy atom. The Morgan fingerprint density at radius 1 is 1.37 bits per heavy atom. The SMILES string of the molecule is CC(C)CC(O)CNC(=O)c1cccc(N(C)C)c1. The van der Waals surface area contributed by atoms with Crippen LogP contribution < -0.4 is 10.2 Å². The van der Waals surface area contributed by atoms with Crippen LogP contribution in [0, 0.1) is 5.92 Å². The lowest BCUT2D eigenvalue weighted by atomic mass is 10.1. The first kappa shape index (κ1) is 15.5. The van der Waals surface area contributed by atoms with Crippen LogP contribution in [-0.2, 0) is 0 Å². The molecule has 0 saturated carbocycles. The Morgan fingerprint density at radius 2 is 2.05 bits per heavy atom. The monoisotopic (exact) mass is 264 g/mol. The van der Waals surface area contributed by atoms with Gasteiger partial charge in [0.15, 0.2) is 0 Å². The fourth-order valence-electron chi connectivity index (χ4n) is 1.87. The number of carbonyl (C=O) groups is 1. The molecule has 19 heavy (non-hydrogen) atoms. The topological polar surface area (TPSA) is 52.6 Å². The third kappa shape index (κ3) is 5.30. The van der Waals surface area contributed by atoms with Gasteiger partial charge < -0.3 is 15.3 Å². The van der Waals surface area contributed by atoms with Gasteiger partial charge in [0.25, 0.3) is 5.91 Å². The summed E-state index contributed by atoms with van der Waals surface area (Å²) in [6.45, 7) is 4.39. The second kappa shape index (κ2) is 7.14. The van der Waals surface area contributed by atoms with Crippen LogP contribution in [-0.4, -0.2) is 37.8 Å². The van der Waals surface area contributed by atoms with E-state index < -0.39 is 6.10 Å². The van der Waals surface area contributed by atoms with E-state index in [-0.39, 0.29) is 5.91 Å². The summed E-state index contributed by atoms with van der Waals surface area (Å²) in [6.07, 6.45) is 0.207. The highest BCUT2D eigenvalue weighted by atomic mass is 16.3. The van der Waals surface area contributed by atoms with E-state index >= 15 is 0 Å². The van der Waals surface area contributed by atoms with Gasteiger partial charge in [-0.2, -0.15) is 0 Å². The van der Waals surface area contributed by atoms with Gasteiger partial charge in [0.1, 0.15) is 0 Å². The molecule has 0 aliphatic carbocycles. The molecule has 1 aromatic carbocycles. The van der Waals surface area contributed by atoms with Crippen molar-refractivity contribution in [3.8, 4) is 0 Å². The van der Waals surface area contributed by atoms with Gasteiger partial charge in [-0.15, -0.1) is 0 Å². The number of aliphatic hydroxyl groups is 1. The summed E-state index contributed by atoms with van der Waals surface area (Å²) in [5.41, 5.74) is 1.60. The summed E-state index contributed by atoms with van der Waals surface area (Å²) >= 11 is 0. The Labute approximate surface area is 115 Å². The molecular weight excluding hydrogens is 240 g/mol. The number of anilines is 1. The van der Waals surface area contributed by atoms with E-state index in [4.69, 9.17) is 0 Å². The summed E-state index contributed by atoms with van der Waals surface area (Å²) in [6, 6.07) is 7.42. The van der Waals surface area contributed by atoms with Gasteiger partial charge in [0.2, 0.25) is 0 Å². The number of aliphatic hydroxyl groups excluding tert-OH is 1. The van der Waals surface area contributed by atoms with Gasteiger partial charge in [-0.1, -0.05) is 19.9 Å². The van der Waals surface area contributed by atoms with Gasteiger partial charge in [-0.05, 0) is 30.5 Å². The minimum absolute atomic E-state index is 0.147. The molecule has 0 fully saturated rings. The summed E-state index contributed by atoms with van der Waals surface area (Å²) in [4.78, 5) is 13.9. The molecule has 1 amide bonds. The zero-order valence-electron chi connectivity index (χ0n) is 12.2. The summed E-state index contributed by atoms with van der Waals surface area (Å²) in [5, 5.41) is 12.5. The van der Waals surface area contributed by atoms with Crippen molar-refractivity contribution < 1.29 is 9.90 Å². The van der Waals surface area contributed by atoms with E-state index in [9.17, 15) is 9.90 Å². The van der Waals surface area contributed by atoms with Crippen molar-refractivity contribution in [3.63, 3.8) is 0 Å². The maximum atomic E-state index is 12.0. The highest BCUT2D eigenvalue weighted by molar-refractivity contribution is 5.95. The average Bonchev–Trinajstić information content (AvgIpc) is 2.35. The van der Waals surface area contributed by atoms with Crippen LogP contribution in [0.2, 0.25) is 0 Å². The van der Waals surface area contributed by atoms with Gasteiger partial charge >= 0.3 is 0 Å². The number of carbonyl (C=O) groups excluding carboxylic acids is 1. The number of nitrogens with one attached hydrogen (secondary N) is 1. The molecule has 1 aromatic rings. The van der Waals surface area contributed by atoms with E-state index in [0.717, 1.165) is 5.69 Å². The Hall–Kier alpha value is -1.55. The molecule has 0 aliphatic heterocycles. The maximum absolute atomic E-state index is 12.0. The third-order valence-corrected chi connectivity index (χ3v) is 2.87. The summed E-state index contributed by atoms with van der Waals surface area (Å²) in [7, 11) is 3.87. The molecule has 1 unspecified atom stereocenters. The summed E-state index contributed by atoms with van der Waals surface area (Å²) in [5.74, 6) is 0.274. The van der Waals surface area contributed by atoms with Crippen LogP contribution in [0.3, 0.4) is 0 Å². The number of nitrogens with zero attached hydrogens (tertiary/aromatic N) is 1. The van der Waals surface area contributed by atoms with Crippen molar-refractivity contribution in [1.29, 1.82) is 0 Å². The van der Waals surface area contributed by atoms with Crippen molar-refractivity contribution in [2.45, 2.75) is 26.4 Å². The molecule has 1 atom stereocenters. The Balaban J connectivity index is 2.56. The smallest absolute Gasteiger partial charge is 0.251 e. The average molecular weight is 264 g/mol. The lowest BCUT2D eigenvalue weighted by Crippen LogP contribution is -2.32. The van der Waals surface area contributed by atoms with Crippen LogP contribution in [0.5, 0.6) is 0 Å². The molecule has 0 radical (unpaired) electrons. The van der Waals surface area contributed by atoms with Crippen LogP contribution in [0.4, 0.5) is 5.69 Å². The van der Waals surface area contributed by atoms with Crippen molar-refractivity contribution in [2.75, 3.05) is 25.5 Å². The van der Waals surface area contributed by atoms with Crippen molar-refractivity contribution >= 4 is 11.6 Å². The predicted octanol–water partition coefficient (Wildman–Crippen LogP) is 1.89. The van der Waals surface area contributed by atoms with Crippen LogP contribution >= 0.6 is 0 Å². The normalized spacial score (nSPS) is 12.3. The predicted molar refractivity (Wildman–Crippen MR) is 78.6 cm³/mol. The molecule has 106 valence electrons. The first-order valence-corrected chi connectivity index (χ1v) is 6.63. The number of benzene rings is 1. The minimum atomic E-state index is -0.485. The van der Waals surface area contributed by atoms with E-state index in [1.54, 1.807) is 6.07 Å². The fraction of sp³-hybridized carbons (Fsp3) is 0.533. The van der Waals surface area contributed by atoms with E-state index in [0.29, 0.717) is 24.4 Å². The highest BCUT2D eigenvalue weighted by Gasteiger charge is 2.11. The first-order valence-electron chi connectivity index (χ1n) is 6.63. The molecule has 1 rings (SSSR count). The molecule has 0 saturated heterocycles. The number of amides is 1. The standard InChI is InChI=1S/C15H24N2O2/c1-11(2)8-14(18)10-16-15(19)12-6-5-7-13(9-12)17(3)4/h5-7,9,11,14,18H,8,10H2,1-4H3,(H,16,19). The summed E-state index contributed by atoms with van der Waals surface area (Å²) < 4.78 is 0. The molecule has 0 spiro atoms. The molecule has 0 aromatic heterocycles.